The van der Waals surface area contributed by atoms with Gasteiger partial charge in [0.15, 0.2) is 0 Å². The van der Waals surface area contributed by atoms with Gasteiger partial charge in [0.2, 0.25) is 5.91 Å². The minimum Gasteiger partial charge on any atom is -0.337 e. The van der Waals surface area contributed by atoms with E-state index in [1.807, 2.05) is 0 Å². The van der Waals surface area contributed by atoms with Crippen LogP contribution in [0.4, 0.5) is 0 Å². The Bertz CT molecular complexity index is 209. The second kappa shape index (κ2) is 5.70. The van der Waals surface area contributed by atoms with Crippen LogP contribution >= 0.6 is 0 Å². The molecule has 1 amide bonds. The first-order valence-corrected chi connectivity index (χ1v) is 7.08. The van der Waals surface area contributed by atoms with E-state index < -0.39 is 0 Å². The summed E-state index contributed by atoms with van der Waals surface area (Å²) in [6.45, 7) is 1.77. The number of rotatable bonds is 2. The second-order valence-electron chi connectivity index (χ2n) is 5.51. The molecule has 0 spiro atoms. The molecule has 2 aliphatic rings. The molecule has 0 aliphatic heterocycles. The van der Waals surface area contributed by atoms with Gasteiger partial charge in [-0.2, -0.15) is 0 Å². The van der Waals surface area contributed by atoms with Gasteiger partial charge in [-0.1, -0.05) is 38.5 Å². The first-order valence-electron chi connectivity index (χ1n) is 7.08. The molecule has 2 rings (SSSR count). The van der Waals surface area contributed by atoms with Crippen molar-refractivity contribution in [3.8, 4) is 0 Å². The zero-order valence-electron chi connectivity index (χ0n) is 10.6. The maximum Gasteiger partial charge on any atom is 0.219 e. The van der Waals surface area contributed by atoms with E-state index in [2.05, 4.69) is 4.90 Å². The number of amides is 1. The van der Waals surface area contributed by atoms with Crippen LogP contribution in [0.25, 0.3) is 0 Å². The smallest absolute Gasteiger partial charge is 0.219 e. The third-order valence-electron chi connectivity index (χ3n) is 4.30. The van der Waals surface area contributed by atoms with Crippen molar-refractivity contribution in [3.63, 3.8) is 0 Å². The van der Waals surface area contributed by atoms with Gasteiger partial charge in [-0.3, -0.25) is 4.79 Å². The summed E-state index contributed by atoms with van der Waals surface area (Å²) in [5, 5.41) is 0. The topological polar surface area (TPSA) is 20.3 Å². The summed E-state index contributed by atoms with van der Waals surface area (Å²) >= 11 is 0. The van der Waals surface area contributed by atoms with Crippen molar-refractivity contribution in [3.05, 3.63) is 0 Å². The van der Waals surface area contributed by atoms with Gasteiger partial charge in [0.05, 0.1) is 0 Å². The zero-order chi connectivity index (χ0) is 11.4. The standard InChI is InChI=1S/C14H25NO/c1-12(16)15(13-8-4-2-5-9-13)14-10-6-3-7-11-14/h13-14H,2-11H2,1H3. The van der Waals surface area contributed by atoms with Crippen molar-refractivity contribution in [2.45, 2.75) is 83.2 Å². The van der Waals surface area contributed by atoms with E-state index in [1.54, 1.807) is 6.92 Å². The van der Waals surface area contributed by atoms with Crippen molar-refractivity contribution in [1.82, 2.24) is 4.90 Å². The fourth-order valence-corrected chi connectivity index (χ4v) is 3.53. The Balaban J connectivity index is 1.99. The Morgan fingerprint density at radius 1 is 0.812 bits per heavy atom. The molecule has 0 aromatic rings. The highest BCUT2D eigenvalue weighted by atomic mass is 16.2. The van der Waals surface area contributed by atoms with Crippen LogP contribution in [0.3, 0.4) is 0 Å². The predicted molar refractivity (Wildman–Crippen MR) is 66.3 cm³/mol. The van der Waals surface area contributed by atoms with Gasteiger partial charge in [-0.05, 0) is 25.7 Å². The van der Waals surface area contributed by atoms with Crippen LogP contribution in [0.15, 0.2) is 0 Å². The van der Waals surface area contributed by atoms with Crippen LogP contribution in [-0.2, 0) is 4.79 Å². The molecular weight excluding hydrogens is 198 g/mol. The molecule has 0 bridgehead atoms. The first kappa shape index (κ1) is 11.9. The Kier molecular flexibility index (Phi) is 4.25. The van der Waals surface area contributed by atoms with Gasteiger partial charge in [0.1, 0.15) is 0 Å². The molecule has 0 N–H and O–H groups in total. The molecule has 92 valence electrons. The molecule has 0 aromatic carbocycles. The predicted octanol–water partition coefficient (Wildman–Crippen LogP) is 3.50. The van der Waals surface area contributed by atoms with E-state index in [1.165, 1.54) is 64.2 Å². The van der Waals surface area contributed by atoms with E-state index in [9.17, 15) is 4.79 Å². The molecule has 0 heterocycles. The molecule has 16 heavy (non-hydrogen) atoms. The minimum absolute atomic E-state index is 0.318. The van der Waals surface area contributed by atoms with Crippen molar-refractivity contribution in [2.75, 3.05) is 0 Å². The lowest BCUT2D eigenvalue weighted by Gasteiger charge is -2.41. The van der Waals surface area contributed by atoms with E-state index in [4.69, 9.17) is 0 Å². The Morgan fingerprint density at radius 3 is 1.50 bits per heavy atom. The molecule has 2 fully saturated rings. The summed E-state index contributed by atoms with van der Waals surface area (Å²) in [6, 6.07) is 1.13. The third-order valence-corrected chi connectivity index (χ3v) is 4.30. The molecule has 0 unspecified atom stereocenters. The van der Waals surface area contributed by atoms with E-state index in [0.29, 0.717) is 18.0 Å². The molecule has 2 heteroatoms. The maximum absolute atomic E-state index is 11.9. The Labute approximate surface area is 99.4 Å². The minimum atomic E-state index is 0.318. The van der Waals surface area contributed by atoms with Crippen LogP contribution in [0, 0.1) is 0 Å². The lowest BCUT2D eigenvalue weighted by molar-refractivity contribution is -0.135. The summed E-state index contributed by atoms with van der Waals surface area (Å²) in [4.78, 5) is 14.1. The lowest BCUT2D eigenvalue weighted by atomic mass is 9.88. The third kappa shape index (κ3) is 2.78. The fraction of sp³-hybridized carbons (Fsp3) is 0.929. The summed E-state index contributed by atoms with van der Waals surface area (Å²) in [7, 11) is 0. The highest BCUT2D eigenvalue weighted by molar-refractivity contribution is 5.74. The molecular formula is C14H25NO. The van der Waals surface area contributed by atoms with Gasteiger partial charge in [0.25, 0.3) is 0 Å². The molecule has 0 radical (unpaired) electrons. The summed E-state index contributed by atoms with van der Waals surface area (Å²) in [6.07, 6.45) is 13.0. The number of hydrogen-bond acceptors (Lipinski definition) is 1. The summed E-state index contributed by atoms with van der Waals surface area (Å²) in [5.41, 5.74) is 0. The van der Waals surface area contributed by atoms with Gasteiger partial charge in [-0.15, -0.1) is 0 Å². The van der Waals surface area contributed by atoms with Gasteiger partial charge >= 0.3 is 0 Å². The molecule has 2 saturated carbocycles. The largest absolute Gasteiger partial charge is 0.337 e. The van der Waals surface area contributed by atoms with Gasteiger partial charge in [-0.25, -0.2) is 0 Å². The molecule has 2 nitrogen and oxygen atoms in total. The van der Waals surface area contributed by atoms with Crippen LogP contribution in [0.1, 0.15) is 71.1 Å². The zero-order valence-corrected chi connectivity index (χ0v) is 10.6. The second-order valence-corrected chi connectivity index (χ2v) is 5.51. The summed E-state index contributed by atoms with van der Waals surface area (Å²) < 4.78 is 0. The lowest BCUT2D eigenvalue weighted by Crippen LogP contribution is -2.47. The van der Waals surface area contributed by atoms with Crippen LogP contribution in [0.2, 0.25) is 0 Å². The summed E-state index contributed by atoms with van der Waals surface area (Å²) in [5.74, 6) is 0.318. The highest BCUT2D eigenvalue weighted by Gasteiger charge is 2.30. The van der Waals surface area contributed by atoms with Gasteiger partial charge < -0.3 is 4.90 Å². The molecule has 0 atom stereocenters. The number of carbonyl (C=O) groups excluding carboxylic acids is 1. The number of nitrogens with zero attached hydrogens (tertiary/aromatic N) is 1. The monoisotopic (exact) mass is 223 g/mol. The SMILES string of the molecule is CC(=O)N(C1CCCCC1)C1CCCCC1. The van der Waals surface area contributed by atoms with Gasteiger partial charge in [0, 0.05) is 19.0 Å². The van der Waals surface area contributed by atoms with Crippen molar-refractivity contribution in [1.29, 1.82) is 0 Å². The average Bonchev–Trinajstić information content (AvgIpc) is 2.31. The van der Waals surface area contributed by atoms with Crippen molar-refractivity contribution in [2.24, 2.45) is 0 Å². The maximum atomic E-state index is 11.9. The molecule has 0 saturated heterocycles. The van der Waals surface area contributed by atoms with E-state index in [-0.39, 0.29) is 0 Å². The van der Waals surface area contributed by atoms with Crippen LogP contribution in [0.5, 0.6) is 0 Å². The number of carbonyl (C=O) groups is 1. The molecule has 2 aliphatic carbocycles. The number of hydrogen-bond donors (Lipinski definition) is 0. The normalized spacial score (nSPS) is 24.3. The van der Waals surface area contributed by atoms with E-state index in [0.717, 1.165) is 0 Å². The van der Waals surface area contributed by atoms with Crippen LogP contribution in [-0.4, -0.2) is 22.9 Å². The Hall–Kier alpha value is -0.530. The first-order chi connectivity index (χ1) is 7.79. The quantitative estimate of drug-likeness (QED) is 0.701. The van der Waals surface area contributed by atoms with Crippen LogP contribution < -0.4 is 0 Å². The van der Waals surface area contributed by atoms with Crippen molar-refractivity contribution < 1.29 is 4.79 Å². The Morgan fingerprint density at radius 2 is 1.19 bits per heavy atom. The van der Waals surface area contributed by atoms with E-state index >= 15 is 0 Å². The fourth-order valence-electron chi connectivity index (χ4n) is 3.53. The highest BCUT2D eigenvalue weighted by Crippen LogP contribution is 2.30. The van der Waals surface area contributed by atoms with Crippen molar-refractivity contribution >= 4 is 5.91 Å². The molecule has 0 aromatic heterocycles. The average molecular weight is 223 g/mol.